The van der Waals surface area contributed by atoms with Crippen molar-refractivity contribution < 1.29 is 10.0 Å². The van der Waals surface area contributed by atoms with Crippen LogP contribution in [0.2, 0.25) is 5.15 Å². The topological polar surface area (TPSA) is 101 Å². The van der Waals surface area contributed by atoms with Gasteiger partial charge in [-0.3, -0.25) is 10.1 Å². The van der Waals surface area contributed by atoms with Crippen molar-refractivity contribution in [1.29, 1.82) is 0 Å². The summed E-state index contributed by atoms with van der Waals surface area (Å²) in [7, 11) is 0. The first kappa shape index (κ1) is 14.2. The van der Waals surface area contributed by atoms with Gasteiger partial charge in [-0.05, 0) is 11.1 Å². The summed E-state index contributed by atoms with van der Waals surface area (Å²) in [5.74, 6) is 0.0706. The predicted molar refractivity (Wildman–Crippen MR) is 73.4 cm³/mol. The van der Waals surface area contributed by atoms with Crippen molar-refractivity contribution in [3.8, 4) is 0 Å². The first-order chi connectivity index (χ1) is 9.61. The average molecular weight is 295 g/mol. The van der Waals surface area contributed by atoms with Crippen LogP contribution in [-0.2, 0) is 13.2 Å². The molecule has 0 aliphatic rings. The normalized spacial score (nSPS) is 10.3. The van der Waals surface area contributed by atoms with Gasteiger partial charge in [0, 0.05) is 6.54 Å². The number of halogens is 1. The van der Waals surface area contributed by atoms with E-state index < -0.39 is 4.92 Å². The lowest BCUT2D eigenvalue weighted by Crippen LogP contribution is -2.06. The molecule has 0 amide bonds. The number of hydrogen-bond acceptors (Lipinski definition) is 6. The monoisotopic (exact) mass is 294 g/mol. The lowest BCUT2D eigenvalue weighted by Gasteiger charge is -2.07. The summed E-state index contributed by atoms with van der Waals surface area (Å²) in [5.41, 5.74) is 1.34. The molecule has 0 atom stereocenters. The van der Waals surface area contributed by atoms with Gasteiger partial charge in [-0.15, -0.1) is 0 Å². The largest absolute Gasteiger partial charge is 0.392 e. The number of aliphatic hydroxyl groups is 1. The van der Waals surface area contributed by atoms with Gasteiger partial charge in [0.15, 0.2) is 0 Å². The van der Waals surface area contributed by atoms with E-state index in [9.17, 15) is 10.1 Å². The molecular formula is C12H11ClN4O3. The minimum absolute atomic E-state index is 0.0271. The van der Waals surface area contributed by atoms with Crippen molar-refractivity contribution in [1.82, 2.24) is 9.97 Å². The van der Waals surface area contributed by atoms with Crippen LogP contribution < -0.4 is 5.32 Å². The van der Waals surface area contributed by atoms with E-state index in [2.05, 4.69) is 15.3 Å². The molecule has 20 heavy (non-hydrogen) atoms. The molecule has 0 bridgehead atoms. The molecule has 0 fully saturated rings. The number of rotatable bonds is 5. The third-order valence-corrected chi connectivity index (χ3v) is 2.90. The van der Waals surface area contributed by atoms with Crippen molar-refractivity contribution in [3.63, 3.8) is 0 Å². The summed E-state index contributed by atoms with van der Waals surface area (Å²) in [6.07, 6.45) is 1.16. The fraction of sp³-hybridized carbons (Fsp3) is 0.167. The maximum Gasteiger partial charge on any atom is 0.348 e. The molecular weight excluding hydrogens is 284 g/mol. The van der Waals surface area contributed by atoms with Crippen LogP contribution in [-0.4, -0.2) is 20.0 Å². The Hall–Kier alpha value is -2.25. The van der Waals surface area contributed by atoms with Crippen LogP contribution in [0.5, 0.6) is 0 Å². The summed E-state index contributed by atoms with van der Waals surface area (Å²) in [4.78, 5) is 17.7. The third-order valence-electron chi connectivity index (χ3n) is 2.63. The molecule has 0 spiro atoms. The number of anilines is 1. The van der Waals surface area contributed by atoms with Gasteiger partial charge in [0.2, 0.25) is 11.0 Å². The second-order valence-electron chi connectivity index (χ2n) is 3.95. The van der Waals surface area contributed by atoms with Crippen molar-refractivity contribution in [2.24, 2.45) is 0 Å². The van der Waals surface area contributed by atoms with Gasteiger partial charge in [-0.1, -0.05) is 35.9 Å². The van der Waals surface area contributed by atoms with Crippen LogP contribution in [0.25, 0.3) is 0 Å². The van der Waals surface area contributed by atoms with Crippen LogP contribution >= 0.6 is 11.6 Å². The van der Waals surface area contributed by atoms with E-state index in [1.807, 2.05) is 12.1 Å². The number of benzene rings is 1. The van der Waals surface area contributed by atoms with Gasteiger partial charge < -0.3 is 10.4 Å². The number of aliphatic hydroxyl groups excluding tert-OH is 1. The highest BCUT2D eigenvalue weighted by atomic mass is 35.5. The maximum absolute atomic E-state index is 10.9. The van der Waals surface area contributed by atoms with E-state index >= 15 is 0 Å². The van der Waals surface area contributed by atoms with Crippen LogP contribution in [0.1, 0.15) is 11.1 Å². The first-order valence-electron chi connectivity index (χ1n) is 5.69. The zero-order valence-corrected chi connectivity index (χ0v) is 11.0. The Morgan fingerprint density at radius 3 is 2.50 bits per heavy atom. The molecule has 1 aromatic carbocycles. The molecule has 1 heterocycles. The summed E-state index contributed by atoms with van der Waals surface area (Å²) in [6, 6.07) is 7.18. The molecule has 8 heteroatoms. The van der Waals surface area contributed by atoms with Gasteiger partial charge in [0.05, 0.1) is 11.5 Å². The quantitative estimate of drug-likeness (QED) is 0.498. The molecule has 0 saturated carbocycles. The Kier molecular flexibility index (Phi) is 4.44. The number of nitro groups is 1. The Morgan fingerprint density at radius 1 is 1.25 bits per heavy atom. The maximum atomic E-state index is 10.9. The second-order valence-corrected chi connectivity index (χ2v) is 4.30. The lowest BCUT2D eigenvalue weighted by molar-refractivity contribution is -0.384. The highest BCUT2D eigenvalue weighted by molar-refractivity contribution is 6.31. The first-order valence-corrected chi connectivity index (χ1v) is 6.07. The molecule has 2 N–H and O–H groups in total. The van der Waals surface area contributed by atoms with Crippen molar-refractivity contribution in [2.45, 2.75) is 13.2 Å². The van der Waals surface area contributed by atoms with Gasteiger partial charge >= 0.3 is 5.69 Å². The fourth-order valence-electron chi connectivity index (χ4n) is 1.60. The van der Waals surface area contributed by atoms with E-state index in [4.69, 9.17) is 16.7 Å². The summed E-state index contributed by atoms with van der Waals surface area (Å²) in [6.45, 7) is 0.320. The summed E-state index contributed by atoms with van der Waals surface area (Å²) < 4.78 is 0. The average Bonchev–Trinajstić information content (AvgIpc) is 2.45. The van der Waals surface area contributed by atoms with Crippen molar-refractivity contribution in [2.75, 3.05) is 5.32 Å². The van der Waals surface area contributed by atoms with Crippen LogP contribution in [0, 0.1) is 10.1 Å². The second kappa shape index (κ2) is 6.27. The highest BCUT2D eigenvalue weighted by Crippen LogP contribution is 2.28. The van der Waals surface area contributed by atoms with Crippen LogP contribution in [0.3, 0.4) is 0 Å². The predicted octanol–water partition coefficient (Wildman–Crippen LogP) is 2.14. The van der Waals surface area contributed by atoms with E-state index in [1.54, 1.807) is 12.1 Å². The number of hydrogen-bond donors (Lipinski definition) is 2. The number of nitrogens with zero attached hydrogens (tertiary/aromatic N) is 3. The summed E-state index contributed by atoms with van der Waals surface area (Å²) >= 11 is 5.69. The molecule has 0 radical (unpaired) electrons. The molecule has 0 unspecified atom stereocenters. The van der Waals surface area contributed by atoms with E-state index in [0.29, 0.717) is 6.54 Å². The molecule has 0 saturated heterocycles. The zero-order valence-electron chi connectivity index (χ0n) is 10.3. The third kappa shape index (κ3) is 3.19. The van der Waals surface area contributed by atoms with E-state index in [0.717, 1.165) is 17.5 Å². The minimum Gasteiger partial charge on any atom is -0.392 e. The van der Waals surface area contributed by atoms with Gasteiger partial charge in [-0.2, -0.15) is 0 Å². The molecule has 0 aliphatic heterocycles. The Labute approximate surface area is 119 Å². The van der Waals surface area contributed by atoms with Gasteiger partial charge in [0.1, 0.15) is 6.33 Å². The van der Waals surface area contributed by atoms with Gasteiger partial charge in [-0.25, -0.2) is 9.97 Å². The lowest BCUT2D eigenvalue weighted by atomic mass is 10.1. The van der Waals surface area contributed by atoms with Crippen molar-refractivity contribution in [3.05, 3.63) is 57.0 Å². The molecule has 7 nitrogen and oxygen atoms in total. The summed E-state index contributed by atoms with van der Waals surface area (Å²) in [5, 5.41) is 22.5. The van der Waals surface area contributed by atoms with Crippen molar-refractivity contribution >= 4 is 23.1 Å². The fourth-order valence-corrected chi connectivity index (χ4v) is 1.80. The molecule has 2 aromatic rings. The number of aromatic nitrogens is 2. The Balaban J connectivity index is 2.14. The van der Waals surface area contributed by atoms with Gasteiger partial charge in [0.25, 0.3) is 0 Å². The van der Waals surface area contributed by atoms with E-state index in [-0.39, 0.29) is 23.3 Å². The minimum atomic E-state index is -0.625. The Morgan fingerprint density at radius 2 is 1.90 bits per heavy atom. The Bertz CT molecular complexity index is 619. The standard InChI is InChI=1S/C12H11ClN4O3/c13-11-10(17(19)20)12(16-7-15-11)14-5-8-1-3-9(6-18)4-2-8/h1-4,7,18H,5-6H2,(H,14,15,16). The van der Waals surface area contributed by atoms with Crippen LogP contribution in [0.4, 0.5) is 11.5 Å². The van der Waals surface area contributed by atoms with Crippen LogP contribution in [0.15, 0.2) is 30.6 Å². The molecule has 0 aliphatic carbocycles. The number of nitrogens with one attached hydrogen (secondary N) is 1. The molecule has 104 valence electrons. The smallest absolute Gasteiger partial charge is 0.348 e. The molecule has 2 rings (SSSR count). The van der Waals surface area contributed by atoms with E-state index in [1.165, 1.54) is 0 Å². The highest BCUT2D eigenvalue weighted by Gasteiger charge is 2.21. The SMILES string of the molecule is O=[N+]([O-])c1c(Cl)ncnc1NCc1ccc(CO)cc1. The zero-order chi connectivity index (χ0) is 14.5. The molecule has 1 aromatic heterocycles.